The van der Waals surface area contributed by atoms with Crippen LogP contribution in [0.3, 0.4) is 0 Å². The Balaban J connectivity index is 2.52. The third kappa shape index (κ3) is 5.71. The number of benzene rings is 1. The molecule has 5 N–H and O–H groups in total. The lowest BCUT2D eigenvalue weighted by atomic mass is 10.1. The Kier molecular flexibility index (Phi) is 5.99. The molecular formula is C14H22N4O2. The van der Waals surface area contributed by atoms with Crippen molar-refractivity contribution >= 4 is 17.6 Å². The molecule has 0 saturated carbocycles. The van der Waals surface area contributed by atoms with E-state index in [0.717, 1.165) is 5.56 Å². The predicted molar refractivity (Wildman–Crippen MR) is 79.3 cm³/mol. The van der Waals surface area contributed by atoms with Gasteiger partial charge in [0.2, 0.25) is 5.91 Å². The third-order valence-corrected chi connectivity index (χ3v) is 2.73. The van der Waals surface area contributed by atoms with Gasteiger partial charge in [-0.05, 0) is 24.6 Å². The van der Waals surface area contributed by atoms with Gasteiger partial charge in [-0.2, -0.15) is 0 Å². The summed E-state index contributed by atoms with van der Waals surface area (Å²) in [6.07, 6.45) is 0. The van der Waals surface area contributed by atoms with E-state index in [2.05, 4.69) is 16.0 Å². The van der Waals surface area contributed by atoms with E-state index in [1.165, 1.54) is 0 Å². The molecule has 0 aliphatic carbocycles. The van der Waals surface area contributed by atoms with E-state index in [9.17, 15) is 9.59 Å². The first-order chi connectivity index (χ1) is 9.38. The van der Waals surface area contributed by atoms with E-state index < -0.39 is 6.03 Å². The van der Waals surface area contributed by atoms with Crippen LogP contribution in [0.4, 0.5) is 10.5 Å². The van der Waals surface area contributed by atoms with E-state index in [0.29, 0.717) is 12.2 Å². The highest BCUT2D eigenvalue weighted by Crippen LogP contribution is 2.15. The molecule has 0 heterocycles. The number of hydrogen-bond acceptors (Lipinski definition) is 3. The van der Waals surface area contributed by atoms with Gasteiger partial charge in [-0.25, -0.2) is 4.79 Å². The van der Waals surface area contributed by atoms with E-state index in [1.807, 2.05) is 32.9 Å². The SMILES string of the molecule is CC(C)NCC(=O)NC(C)c1ccc(NC(N)=O)cc1. The average Bonchev–Trinajstić information content (AvgIpc) is 2.36. The van der Waals surface area contributed by atoms with Crippen molar-refractivity contribution in [1.82, 2.24) is 10.6 Å². The second kappa shape index (κ2) is 7.49. The summed E-state index contributed by atoms with van der Waals surface area (Å²) >= 11 is 0. The molecule has 110 valence electrons. The third-order valence-electron chi connectivity index (χ3n) is 2.73. The second-order valence-electron chi connectivity index (χ2n) is 4.94. The van der Waals surface area contributed by atoms with Crippen molar-refractivity contribution in [3.05, 3.63) is 29.8 Å². The first-order valence-corrected chi connectivity index (χ1v) is 6.57. The Morgan fingerprint density at radius 1 is 1.15 bits per heavy atom. The number of amides is 3. The molecule has 0 saturated heterocycles. The number of hydrogen-bond donors (Lipinski definition) is 4. The largest absolute Gasteiger partial charge is 0.351 e. The number of carbonyl (C=O) groups excluding carboxylic acids is 2. The van der Waals surface area contributed by atoms with E-state index in [1.54, 1.807) is 12.1 Å². The fourth-order valence-electron chi connectivity index (χ4n) is 1.67. The van der Waals surface area contributed by atoms with Crippen LogP contribution in [0.5, 0.6) is 0 Å². The van der Waals surface area contributed by atoms with Gasteiger partial charge in [0.15, 0.2) is 0 Å². The Hall–Kier alpha value is -2.08. The Bertz CT molecular complexity index is 457. The van der Waals surface area contributed by atoms with Crippen molar-refractivity contribution in [2.75, 3.05) is 11.9 Å². The molecule has 0 aliphatic rings. The minimum Gasteiger partial charge on any atom is -0.351 e. The summed E-state index contributed by atoms with van der Waals surface area (Å²) in [5, 5.41) is 8.44. The summed E-state index contributed by atoms with van der Waals surface area (Å²) in [6, 6.07) is 6.75. The smallest absolute Gasteiger partial charge is 0.316 e. The van der Waals surface area contributed by atoms with Crippen molar-refractivity contribution in [3.63, 3.8) is 0 Å². The van der Waals surface area contributed by atoms with Crippen LogP contribution in [0, 0.1) is 0 Å². The molecule has 0 aromatic heterocycles. The number of primary amides is 1. The fraction of sp³-hybridized carbons (Fsp3) is 0.429. The summed E-state index contributed by atoms with van der Waals surface area (Å²) in [5.74, 6) is -0.0504. The van der Waals surface area contributed by atoms with Crippen LogP contribution >= 0.6 is 0 Å². The first kappa shape index (κ1) is 16.0. The zero-order chi connectivity index (χ0) is 15.1. The Morgan fingerprint density at radius 3 is 2.25 bits per heavy atom. The monoisotopic (exact) mass is 278 g/mol. The summed E-state index contributed by atoms with van der Waals surface area (Å²) < 4.78 is 0. The van der Waals surface area contributed by atoms with Crippen molar-refractivity contribution in [3.8, 4) is 0 Å². The highest BCUT2D eigenvalue weighted by Gasteiger charge is 2.09. The van der Waals surface area contributed by atoms with Gasteiger partial charge in [0.25, 0.3) is 0 Å². The van der Waals surface area contributed by atoms with Gasteiger partial charge in [0.05, 0.1) is 12.6 Å². The summed E-state index contributed by atoms with van der Waals surface area (Å²) in [7, 11) is 0. The molecule has 6 nitrogen and oxygen atoms in total. The molecule has 1 aromatic rings. The minimum absolute atomic E-state index is 0.0504. The van der Waals surface area contributed by atoms with Crippen LogP contribution < -0.4 is 21.7 Å². The lowest BCUT2D eigenvalue weighted by Crippen LogP contribution is -2.37. The number of rotatable bonds is 6. The molecule has 1 unspecified atom stereocenters. The van der Waals surface area contributed by atoms with E-state index in [4.69, 9.17) is 5.73 Å². The maximum atomic E-state index is 11.7. The average molecular weight is 278 g/mol. The quantitative estimate of drug-likeness (QED) is 0.632. The van der Waals surface area contributed by atoms with Gasteiger partial charge in [0, 0.05) is 11.7 Å². The van der Waals surface area contributed by atoms with Crippen LogP contribution in [0.25, 0.3) is 0 Å². The van der Waals surface area contributed by atoms with Gasteiger partial charge in [-0.1, -0.05) is 26.0 Å². The first-order valence-electron chi connectivity index (χ1n) is 6.57. The fourth-order valence-corrected chi connectivity index (χ4v) is 1.67. The highest BCUT2D eigenvalue weighted by atomic mass is 16.2. The zero-order valence-corrected chi connectivity index (χ0v) is 12.1. The number of nitrogens with one attached hydrogen (secondary N) is 3. The molecule has 0 fully saturated rings. The molecule has 1 aromatic carbocycles. The normalized spacial score (nSPS) is 12.0. The zero-order valence-electron chi connectivity index (χ0n) is 12.1. The molecule has 0 bridgehead atoms. The topological polar surface area (TPSA) is 96.2 Å². The number of nitrogens with two attached hydrogens (primary N) is 1. The van der Waals surface area contributed by atoms with Crippen LogP contribution in [0.1, 0.15) is 32.4 Å². The molecule has 0 spiro atoms. The van der Waals surface area contributed by atoms with Crippen molar-refractivity contribution in [2.45, 2.75) is 32.9 Å². The highest BCUT2D eigenvalue weighted by molar-refractivity contribution is 5.87. The Morgan fingerprint density at radius 2 is 1.75 bits per heavy atom. The van der Waals surface area contributed by atoms with Gasteiger partial charge in [0.1, 0.15) is 0 Å². The summed E-state index contributed by atoms with van der Waals surface area (Å²) in [5.41, 5.74) is 6.61. The molecule has 6 heteroatoms. The molecule has 1 atom stereocenters. The lowest BCUT2D eigenvalue weighted by molar-refractivity contribution is -0.121. The number of carbonyl (C=O) groups is 2. The number of urea groups is 1. The molecule has 1 rings (SSSR count). The van der Waals surface area contributed by atoms with Crippen LogP contribution in [-0.4, -0.2) is 24.5 Å². The summed E-state index contributed by atoms with van der Waals surface area (Å²) in [4.78, 5) is 22.4. The predicted octanol–water partition coefficient (Wildman–Crippen LogP) is 1.35. The van der Waals surface area contributed by atoms with Gasteiger partial charge in [-0.15, -0.1) is 0 Å². The van der Waals surface area contributed by atoms with Crippen molar-refractivity contribution < 1.29 is 9.59 Å². The van der Waals surface area contributed by atoms with Gasteiger partial charge in [-0.3, -0.25) is 4.79 Å². The van der Waals surface area contributed by atoms with E-state index >= 15 is 0 Å². The molecule has 3 amide bonds. The molecular weight excluding hydrogens is 256 g/mol. The number of anilines is 1. The maximum absolute atomic E-state index is 11.7. The molecule has 0 aliphatic heterocycles. The molecule has 20 heavy (non-hydrogen) atoms. The van der Waals surface area contributed by atoms with Crippen molar-refractivity contribution in [2.24, 2.45) is 5.73 Å². The summed E-state index contributed by atoms with van der Waals surface area (Å²) in [6.45, 7) is 6.18. The lowest BCUT2D eigenvalue weighted by Gasteiger charge is -2.16. The van der Waals surface area contributed by atoms with E-state index in [-0.39, 0.29) is 18.0 Å². The van der Waals surface area contributed by atoms with Gasteiger partial charge < -0.3 is 21.7 Å². The second-order valence-corrected chi connectivity index (χ2v) is 4.94. The van der Waals surface area contributed by atoms with Gasteiger partial charge >= 0.3 is 6.03 Å². The maximum Gasteiger partial charge on any atom is 0.316 e. The Labute approximate surface area is 119 Å². The van der Waals surface area contributed by atoms with Crippen LogP contribution in [0.15, 0.2) is 24.3 Å². The standard InChI is InChI=1S/C14H22N4O2/c1-9(2)16-8-13(19)17-10(3)11-4-6-12(7-5-11)18-14(15)20/h4-7,9-10,16H,8H2,1-3H3,(H,17,19)(H3,15,18,20). The van der Waals surface area contributed by atoms with Crippen LogP contribution in [-0.2, 0) is 4.79 Å². The van der Waals surface area contributed by atoms with Crippen molar-refractivity contribution in [1.29, 1.82) is 0 Å². The minimum atomic E-state index is -0.598. The van der Waals surface area contributed by atoms with Crippen LogP contribution in [0.2, 0.25) is 0 Å². The molecule has 0 radical (unpaired) electrons.